The van der Waals surface area contributed by atoms with Gasteiger partial charge in [0.05, 0.1) is 15.3 Å². The summed E-state index contributed by atoms with van der Waals surface area (Å²) >= 11 is 6.20. The fourth-order valence-corrected chi connectivity index (χ4v) is 3.30. The number of anilines is 2. The predicted molar refractivity (Wildman–Crippen MR) is 121 cm³/mol. The summed E-state index contributed by atoms with van der Waals surface area (Å²) in [6.45, 7) is 2.05. The van der Waals surface area contributed by atoms with Crippen molar-refractivity contribution in [3.8, 4) is 5.69 Å². The monoisotopic (exact) mass is 438 g/mol. The highest BCUT2D eigenvalue weighted by Crippen LogP contribution is 2.22. The van der Waals surface area contributed by atoms with E-state index in [9.17, 15) is 14.9 Å². The van der Waals surface area contributed by atoms with Gasteiger partial charge in [-0.1, -0.05) is 48.9 Å². The molecule has 10 heteroatoms. The Morgan fingerprint density at radius 2 is 1.84 bits per heavy atom. The van der Waals surface area contributed by atoms with Gasteiger partial charge in [0.1, 0.15) is 6.20 Å². The van der Waals surface area contributed by atoms with Gasteiger partial charge in [-0.05, 0) is 36.1 Å². The number of halogens is 1. The number of fused-ring (bicyclic) bond motifs is 1. The molecule has 0 amide bonds. The van der Waals surface area contributed by atoms with E-state index in [4.69, 9.17) is 23.1 Å². The number of nitro groups is 1. The van der Waals surface area contributed by atoms with Crippen LogP contribution in [0.2, 0.25) is 5.02 Å². The lowest BCUT2D eigenvalue weighted by atomic mass is 10.1. The Kier molecular flexibility index (Phi) is 6.46. The number of benzene rings is 2. The van der Waals surface area contributed by atoms with Gasteiger partial charge in [0, 0.05) is 11.4 Å². The molecule has 0 atom stereocenters. The molecule has 2 aromatic heterocycles. The highest BCUT2D eigenvalue weighted by Gasteiger charge is 2.13. The quantitative estimate of drug-likeness (QED) is 0.366. The molecular weight excluding hydrogens is 420 g/mol. The van der Waals surface area contributed by atoms with Crippen molar-refractivity contribution in [2.75, 3.05) is 11.5 Å². The number of hydrogen-bond donors (Lipinski definition) is 2. The number of hydrogen-bond acceptors (Lipinski definition) is 7. The number of pyridine rings is 1. The fraction of sp³-hybridized carbons (Fsp3) is 0.0952. The number of nitrogens with two attached hydrogens (primary N) is 2. The van der Waals surface area contributed by atoms with Crippen LogP contribution in [0.15, 0.2) is 65.6 Å². The third-order valence-corrected chi connectivity index (χ3v) is 4.78. The molecule has 4 aromatic rings. The van der Waals surface area contributed by atoms with Gasteiger partial charge in [0.25, 0.3) is 5.56 Å². The van der Waals surface area contributed by atoms with Crippen LogP contribution in [0.1, 0.15) is 12.6 Å². The first-order valence-corrected chi connectivity index (χ1v) is 9.62. The van der Waals surface area contributed by atoms with Gasteiger partial charge in [0.2, 0.25) is 11.8 Å². The number of para-hydroxylation sites is 1. The molecular formula is C21H19ClN6O3. The fourth-order valence-electron chi connectivity index (χ4n) is 3.04. The minimum atomic E-state index is -0.672. The summed E-state index contributed by atoms with van der Waals surface area (Å²) in [5.41, 5.74) is 11.7. The zero-order valence-electron chi connectivity index (χ0n) is 16.5. The van der Waals surface area contributed by atoms with Gasteiger partial charge >= 0.3 is 5.69 Å². The van der Waals surface area contributed by atoms with Crippen LogP contribution in [0.5, 0.6) is 0 Å². The van der Waals surface area contributed by atoms with Gasteiger partial charge in [-0.2, -0.15) is 4.98 Å². The standard InChI is InChI=1S/C17H14ClNO.C4H5N5O2/c1-2-13-11-12-7-6-10-15(18)16(12)17(20)19(13)14-8-4-3-5-9-14;5-3-2(9(10)11)1-7-4(6)8-3/h3-11H,2H2,1H3;1H,(H4,5,6,7,8). The molecule has 0 aliphatic carbocycles. The number of nitrogens with zero attached hydrogens (tertiary/aromatic N) is 4. The maximum absolute atomic E-state index is 12.8. The van der Waals surface area contributed by atoms with Crippen LogP contribution >= 0.6 is 11.6 Å². The van der Waals surface area contributed by atoms with Gasteiger partial charge in [-0.15, -0.1) is 0 Å². The average Bonchev–Trinajstić information content (AvgIpc) is 2.74. The van der Waals surface area contributed by atoms with Gasteiger partial charge in [-0.25, -0.2) is 4.98 Å². The summed E-state index contributed by atoms with van der Waals surface area (Å²) in [7, 11) is 0. The Hall–Kier alpha value is -3.98. The number of rotatable bonds is 3. The van der Waals surface area contributed by atoms with E-state index in [1.54, 1.807) is 10.6 Å². The molecule has 0 fully saturated rings. The topological polar surface area (TPSA) is 143 Å². The first-order chi connectivity index (χ1) is 14.8. The Balaban J connectivity index is 0.000000210. The molecule has 0 spiro atoms. The minimum absolute atomic E-state index is 0.0591. The van der Waals surface area contributed by atoms with Crippen molar-refractivity contribution in [3.05, 3.63) is 92.0 Å². The maximum atomic E-state index is 12.8. The SMILES string of the molecule is CCc1cc2cccc(Cl)c2c(=O)n1-c1ccccc1.Nc1ncc([N+](=O)[O-])c(N)n1. The summed E-state index contributed by atoms with van der Waals surface area (Å²) in [4.78, 5) is 29.1. The summed E-state index contributed by atoms with van der Waals surface area (Å²) < 4.78 is 1.74. The van der Waals surface area contributed by atoms with Crippen LogP contribution in [-0.2, 0) is 6.42 Å². The van der Waals surface area contributed by atoms with Crippen molar-refractivity contribution in [1.29, 1.82) is 0 Å². The van der Waals surface area contributed by atoms with E-state index >= 15 is 0 Å². The normalized spacial score (nSPS) is 10.4. The number of aromatic nitrogens is 3. The van der Waals surface area contributed by atoms with Crippen molar-refractivity contribution < 1.29 is 4.92 Å². The van der Waals surface area contributed by atoms with Gasteiger partial charge in [0.15, 0.2) is 0 Å². The second-order valence-corrected chi connectivity index (χ2v) is 6.83. The van der Waals surface area contributed by atoms with Crippen molar-refractivity contribution in [3.63, 3.8) is 0 Å². The molecule has 158 valence electrons. The lowest BCUT2D eigenvalue weighted by Crippen LogP contribution is -2.22. The number of nitrogen functional groups attached to an aromatic ring is 2. The van der Waals surface area contributed by atoms with E-state index in [0.717, 1.165) is 29.4 Å². The van der Waals surface area contributed by atoms with E-state index in [1.807, 2.05) is 55.5 Å². The molecule has 4 rings (SSSR count). The Labute approximate surface area is 182 Å². The molecule has 2 heterocycles. The van der Waals surface area contributed by atoms with E-state index < -0.39 is 4.92 Å². The van der Waals surface area contributed by atoms with Crippen LogP contribution in [0.3, 0.4) is 0 Å². The van der Waals surface area contributed by atoms with E-state index in [2.05, 4.69) is 9.97 Å². The summed E-state index contributed by atoms with van der Waals surface area (Å²) in [6, 6.07) is 17.3. The molecule has 31 heavy (non-hydrogen) atoms. The third kappa shape index (κ3) is 4.62. The van der Waals surface area contributed by atoms with E-state index in [-0.39, 0.29) is 23.0 Å². The largest absolute Gasteiger partial charge is 0.378 e. The highest BCUT2D eigenvalue weighted by molar-refractivity contribution is 6.35. The van der Waals surface area contributed by atoms with Crippen LogP contribution < -0.4 is 17.0 Å². The molecule has 0 saturated heterocycles. The van der Waals surface area contributed by atoms with E-state index in [1.165, 1.54) is 0 Å². The first-order valence-electron chi connectivity index (χ1n) is 9.24. The van der Waals surface area contributed by atoms with Crippen LogP contribution in [0, 0.1) is 10.1 Å². The second kappa shape index (κ2) is 9.23. The van der Waals surface area contributed by atoms with E-state index in [0.29, 0.717) is 10.4 Å². The van der Waals surface area contributed by atoms with Crippen LogP contribution in [0.25, 0.3) is 16.5 Å². The Morgan fingerprint density at radius 1 is 1.13 bits per heavy atom. The maximum Gasteiger partial charge on any atom is 0.329 e. The molecule has 9 nitrogen and oxygen atoms in total. The van der Waals surface area contributed by atoms with Crippen molar-refractivity contribution >= 4 is 39.8 Å². The Bertz CT molecular complexity index is 1310. The molecule has 0 saturated carbocycles. The highest BCUT2D eigenvalue weighted by atomic mass is 35.5. The zero-order chi connectivity index (χ0) is 22.5. The molecule has 0 aliphatic rings. The molecule has 4 N–H and O–H groups in total. The van der Waals surface area contributed by atoms with Gasteiger partial charge < -0.3 is 11.5 Å². The average molecular weight is 439 g/mol. The molecule has 2 aromatic carbocycles. The first kappa shape index (κ1) is 21.7. The number of aryl methyl sites for hydroxylation is 1. The predicted octanol–water partition coefficient (Wildman–Crippen LogP) is 3.76. The third-order valence-electron chi connectivity index (χ3n) is 4.46. The molecule has 0 unspecified atom stereocenters. The van der Waals surface area contributed by atoms with Crippen LogP contribution in [-0.4, -0.2) is 19.5 Å². The minimum Gasteiger partial charge on any atom is -0.378 e. The summed E-state index contributed by atoms with van der Waals surface area (Å²) in [5, 5.41) is 12.1. The zero-order valence-corrected chi connectivity index (χ0v) is 17.3. The van der Waals surface area contributed by atoms with Crippen molar-refractivity contribution in [1.82, 2.24) is 14.5 Å². The van der Waals surface area contributed by atoms with Gasteiger partial charge in [-0.3, -0.25) is 19.5 Å². The van der Waals surface area contributed by atoms with Crippen LogP contribution in [0.4, 0.5) is 17.5 Å². The Morgan fingerprint density at radius 3 is 2.45 bits per heavy atom. The molecule has 0 radical (unpaired) electrons. The smallest absolute Gasteiger partial charge is 0.329 e. The molecule has 0 bridgehead atoms. The summed E-state index contributed by atoms with van der Waals surface area (Å²) in [6.07, 6.45) is 1.75. The van der Waals surface area contributed by atoms with Crippen molar-refractivity contribution in [2.45, 2.75) is 13.3 Å². The molecule has 0 aliphatic heterocycles. The second-order valence-electron chi connectivity index (χ2n) is 6.43. The lowest BCUT2D eigenvalue weighted by Gasteiger charge is -2.14. The summed E-state index contributed by atoms with van der Waals surface area (Å²) in [5.74, 6) is -0.296. The lowest BCUT2D eigenvalue weighted by molar-refractivity contribution is -0.384. The van der Waals surface area contributed by atoms with Crippen molar-refractivity contribution in [2.24, 2.45) is 0 Å².